The Bertz CT molecular complexity index is 321. The normalized spacial score (nSPS) is 12.1. The minimum absolute atomic E-state index is 0.365. The summed E-state index contributed by atoms with van der Waals surface area (Å²) in [5, 5.41) is 12.1. The van der Waals surface area contributed by atoms with E-state index in [0.29, 0.717) is 6.04 Å². The Labute approximate surface area is 91.9 Å². The number of hydrogen-bond acceptors (Lipinski definition) is 2. The summed E-state index contributed by atoms with van der Waals surface area (Å²) in [5.41, 5.74) is 1.96. The number of rotatable bonds is 5. The van der Waals surface area contributed by atoms with Crippen LogP contribution in [0.15, 0.2) is 24.3 Å². The van der Waals surface area contributed by atoms with Gasteiger partial charge in [0.05, 0.1) is 11.6 Å². The van der Waals surface area contributed by atoms with Crippen LogP contribution in [0.4, 0.5) is 0 Å². The Kier molecular flexibility index (Phi) is 4.86. The minimum Gasteiger partial charge on any atom is -0.310 e. The molecule has 0 radical (unpaired) electrons. The molecule has 1 N–H and O–H groups in total. The number of benzene rings is 1. The molecule has 0 saturated heterocycles. The van der Waals surface area contributed by atoms with E-state index in [-0.39, 0.29) is 0 Å². The molecule has 0 aliphatic rings. The van der Waals surface area contributed by atoms with Gasteiger partial charge >= 0.3 is 0 Å². The van der Waals surface area contributed by atoms with Gasteiger partial charge in [-0.15, -0.1) is 0 Å². The van der Waals surface area contributed by atoms with E-state index in [2.05, 4.69) is 25.2 Å². The fourth-order valence-electron chi connectivity index (χ4n) is 1.46. The second-order valence-corrected chi connectivity index (χ2v) is 3.76. The van der Waals surface area contributed by atoms with Crippen molar-refractivity contribution < 1.29 is 0 Å². The van der Waals surface area contributed by atoms with Gasteiger partial charge in [-0.3, -0.25) is 0 Å². The molecule has 0 spiro atoms. The van der Waals surface area contributed by atoms with Crippen LogP contribution < -0.4 is 5.32 Å². The Morgan fingerprint density at radius 3 is 2.53 bits per heavy atom. The summed E-state index contributed by atoms with van der Waals surface area (Å²) < 4.78 is 0. The third-order valence-corrected chi connectivity index (χ3v) is 2.52. The predicted octanol–water partition coefficient (Wildman–Crippen LogP) is 3.01. The van der Waals surface area contributed by atoms with Gasteiger partial charge in [0.1, 0.15) is 0 Å². The summed E-state index contributed by atoms with van der Waals surface area (Å²) >= 11 is 0. The van der Waals surface area contributed by atoms with Crippen molar-refractivity contribution in [2.45, 2.75) is 32.7 Å². The van der Waals surface area contributed by atoms with Crippen LogP contribution in [0.5, 0.6) is 0 Å². The van der Waals surface area contributed by atoms with Crippen molar-refractivity contribution in [1.82, 2.24) is 5.32 Å². The van der Waals surface area contributed by atoms with Crippen LogP contribution in [0.1, 0.15) is 43.9 Å². The molecule has 2 heteroatoms. The molecule has 0 bridgehead atoms. The van der Waals surface area contributed by atoms with Gasteiger partial charge in [-0.2, -0.15) is 5.26 Å². The molecule has 0 fully saturated rings. The fourth-order valence-corrected chi connectivity index (χ4v) is 1.46. The van der Waals surface area contributed by atoms with E-state index >= 15 is 0 Å². The standard InChI is InChI=1S/C13H18N2/c1-3-4-9-15-11(2)13-7-5-12(10-14)6-8-13/h5-8,11,15H,3-4,9H2,1-2H3. The van der Waals surface area contributed by atoms with Crippen LogP contribution in [-0.2, 0) is 0 Å². The quantitative estimate of drug-likeness (QED) is 0.745. The zero-order valence-electron chi connectivity index (χ0n) is 9.46. The number of nitriles is 1. The van der Waals surface area contributed by atoms with Gasteiger partial charge in [-0.1, -0.05) is 25.5 Å². The van der Waals surface area contributed by atoms with E-state index in [1.807, 2.05) is 24.3 Å². The molecular formula is C13H18N2. The number of nitrogens with one attached hydrogen (secondary N) is 1. The van der Waals surface area contributed by atoms with Crippen molar-refractivity contribution in [3.8, 4) is 6.07 Å². The minimum atomic E-state index is 0.365. The molecular weight excluding hydrogens is 184 g/mol. The van der Waals surface area contributed by atoms with Gasteiger partial charge in [0.15, 0.2) is 0 Å². The van der Waals surface area contributed by atoms with E-state index in [0.717, 1.165) is 12.1 Å². The molecule has 0 amide bonds. The maximum Gasteiger partial charge on any atom is 0.0991 e. The highest BCUT2D eigenvalue weighted by molar-refractivity contribution is 5.32. The SMILES string of the molecule is CCCCNC(C)c1ccc(C#N)cc1. The third kappa shape index (κ3) is 3.73. The summed E-state index contributed by atoms with van der Waals surface area (Å²) in [6.07, 6.45) is 2.42. The number of unbranched alkanes of at least 4 members (excludes halogenated alkanes) is 1. The highest BCUT2D eigenvalue weighted by Gasteiger charge is 2.03. The second-order valence-electron chi connectivity index (χ2n) is 3.76. The largest absolute Gasteiger partial charge is 0.310 e. The van der Waals surface area contributed by atoms with Crippen LogP contribution in [-0.4, -0.2) is 6.54 Å². The molecule has 1 rings (SSSR count). The third-order valence-electron chi connectivity index (χ3n) is 2.52. The van der Waals surface area contributed by atoms with Crippen molar-refractivity contribution in [2.75, 3.05) is 6.54 Å². The van der Waals surface area contributed by atoms with Crippen molar-refractivity contribution in [3.63, 3.8) is 0 Å². The molecule has 1 atom stereocenters. The van der Waals surface area contributed by atoms with Crippen molar-refractivity contribution in [2.24, 2.45) is 0 Å². The van der Waals surface area contributed by atoms with Gasteiger partial charge in [-0.05, 0) is 37.6 Å². The van der Waals surface area contributed by atoms with Crippen LogP contribution in [0, 0.1) is 11.3 Å². The summed E-state index contributed by atoms with van der Waals surface area (Å²) in [4.78, 5) is 0. The zero-order valence-corrected chi connectivity index (χ0v) is 9.46. The first-order chi connectivity index (χ1) is 7.27. The van der Waals surface area contributed by atoms with Crippen molar-refractivity contribution in [3.05, 3.63) is 35.4 Å². The lowest BCUT2D eigenvalue weighted by molar-refractivity contribution is 0.554. The predicted molar refractivity (Wildman–Crippen MR) is 62.5 cm³/mol. The molecule has 0 aromatic heterocycles. The molecule has 0 heterocycles. The lowest BCUT2D eigenvalue weighted by Gasteiger charge is -2.13. The Morgan fingerprint density at radius 1 is 1.33 bits per heavy atom. The lowest BCUT2D eigenvalue weighted by Crippen LogP contribution is -2.19. The maximum atomic E-state index is 8.67. The van der Waals surface area contributed by atoms with Crippen molar-refractivity contribution in [1.29, 1.82) is 5.26 Å². The number of nitrogens with zero attached hydrogens (tertiary/aromatic N) is 1. The molecule has 80 valence electrons. The molecule has 2 nitrogen and oxygen atoms in total. The van der Waals surface area contributed by atoms with E-state index in [4.69, 9.17) is 5.26 Å². The summed E-state index contributed by atoms with van der Waals surface area (Å²) in [7, 11) is 0. The molecule has 0 saturated carbocycles. The van der Waals surface area contributed by atoms with E-state index < -0.39 is 0 Å². The van der Waals surface area contributed by atoms with Crippen molar-refractivity contribution >= 4 is 0 Å². The van der Waals surface area contributed by atoms with Crippen LogP contribution in [0.2, 0.25) is 0 Å². The summed E-state index contributed by atoms with van der Waals surface area (Å²) in [5.74, 6) is 0. The molecule has 15 heavy (non-hydrogen) atoms. The second kappa shape index (κ2) is 6.21. The first-order valence-corrected chi connectivity index (χ1v) is 5.51. The summed E-state index contributed by atoms with van der Waals surface area (Å²) in [6.45, 7) is 5.39. The Balaban J connectivity index is 2.51. The average molecular weight is 202 g/mol. The molecule has 0 aliphatic carbocycles. The molecule has 0 aliphatic heterocycles. The highest BCUT2D eigenvalue weighted by atomic mass is 14.9. The number of hydrogen-bond donors (Lipinski definition) is 1. The Hall–Kier alpha value is -1.33. The molecule has 1 aromatic carbocycles. The molecule has 1 aromatic rings. The van der Waals surface area contributed by atoms with Gasteiger partial charge in [0.25, 0.3) is 0 Å². The summed E-state index contributed by atoms with van der Waals surface area (Å²) in [6, 6.07) is 10.3. The fraction of sp³-hybridized carbons (Fsp3) is 0.462. The van der Waals surface area contributed by atoms with Gasteiger partial charge in [-0.25, -0.2) is 0 Å². The smallest absolute Gasteiger partial charge is 0.0991 e. The van der Waals surface area contributed by atoms with Crippen LogP contribution >= 0.6 is 0 Å². The van der Waals surface area contributed by atoms with Crippen LogP contribution in [0.3, 0.4) is 0 Å². The maximum absolute atomic E-state index is 8.67. The first kappa shape index (κ1) is 11.7. The monoisotopic (exact) mass is 202 g/mol. The van der Waals surface area contributed by atoms with E-state index in [9.17, 15) is 0 Å². The topological polar surface area (TPSA) is 35.8 Å². The van der Waals surface area contributed by atoms with Crippen LogP contribution in [0.25, 0.3) is 0 Å². The lowest BCUT2D eigenvalue weighted by atomic mass is 10.1. The first-order valence-electron chi connectivity index (χ1n) is 5.51. The van der Waals surface area contributed by atoms with Gasteiger partial charge in [0.2, 0.25) is 0 Å². The zero-order chi connectivity index (χ0) is 11.1. The van der Waals surface area contributed by atoms with E-state index in [1.165, 1.54) is 18.4 Å². The highest BCUT2D eigenvalue weighted by Crippen LogP contribution is 2.12. The van der Waals surface area contributed by atoms with Gasteiger partial charge in [0, 0.05) is 6.04 Å². The Morgan fingerprint density at radius 2 is 2.00 bits per heavy atom. The van der Waals surface area contributed by atoms with E-state index in [1.54, 1.807) is 0 Å². The average Bonchev–Trinajstić information content (AvgIpc) is 2.29. The van der Waals surface area contributed by atoms with Gasteiger partial charge < -0.3 is 5.32 Å². The molecule has 1 unspecified atom stereocenters.